The molecule has 0 radical (unpaired) electrons. The zero-order valence-corrected chi connectivity index (χ0v) is 8.69. The van der Waals surface area contributed by atoms with Crippen molar-refractivity contribution in [3.05, 3.63) is 29.3 Å². The molecule has 3 N–H and O–H groups in total. The number of thiocarbonyl (C=S) groups is 1. The molecule has 0 aromatic heterocycles. The van der Waals surface area contributed by atoms with E-state index in [1.807, 2.05) is 19.2 Å². The Labute approximate surface area is 87.4 Å². The zero-order chi connectivity index (χ0) is 9.84. The van der Waals surface area contributed by atoms with Gasteiger partial charge in [0, 0.05) is 17.8 Å². The lowest BCUT2D eigenvalue weighted by Crippen LogP contribution is -2.40. The summed E-state index contributed by atoms with van der Waals surface area (Å²) in [5.74, 6) is 5.18. The summed E-state index contributed by atoms with van der Waals surface area (Å²) in [6.07, 6.45) is 0. The molecule has 0 aliphatic carbocycles. The van der Waals surface area contributed by atoms with Crippen LogP contribution >= 0.6 is 23.8 Å². The molecule has 0 unspecified atom stereocenters. The molecule has 0 amide bonds. The van der Waals surface area contributed by atoms with Gasteiger partial charge in [-0.2, -0.15) is 0 Å². The quantitative estimate of drug-likeness (QED) is 0.424. The van der Waals surface area contributed by atoms with Crippen molar-refractivity contribution in [2.75, 3.05) is 11.9 Å². The first kappa shape index (κ1) is 10.2. The molecular formula is C8H10ClN3S. The molecular weight excluding hydrogens is 206 g/mol. The van der Waals surface area contributed by atoms with Crippen molar-refractivity contribution in [1.82, 2.24) is 5.43 Å². The van der Waals surface area contributed by atoms with Gasteiger partial charge in [0.05, 0.1) is 0 Å². The van der Waals surface area contributed by atoms with Crippen LogP contribution in [0, 0.1) is 0 Å². The summed E-state index contributed by atoms with van der Waals surface area (Å²) in [5.41, 5.74) is 3.34. The van der Waals surface area contributed by atoms with Gasteiger partial charge in [-0.15, -0.1) is 0 Å². The first-order chi connectivity index (χ1) is 6.15. The Kier molecular flexibility index (Phi) is 3.48. The van der Waals surface area contributed by atoms with E-state index in [-0.39, 0.29) is 0 Å². The third kappa shape index (κ3) is 2.55. The summed E-state index contributed by atoms with van der Waals surface area (Å²) < 4.78 is 0. The number of halogens is 1. The van der Waals surface area contributed by atoms with E-state index in [0.29, 0.717) is 10.1 Å². The van der Waals surface area contributed by atoms with Crippen molar-refractivity contribution < 1.29 is 0 Å². The first-order valence-corrected chi connectivity index (χ1v) is 4.43. The molecule has 0 aliphatic heterocycles. The van der Waals surface area contributed by atoms with Crippen LogP contribution in [0.15, 0.2) is 24.3 Å². The summed E-state index contributed by atoms with van der Waals surface area (Å²) >= 11 is 10.7. The summed E-state index contributed by atoms with van der Waals surface area (Å²) in [4.78, 5) is 1.76. The molecule has 0 saturated carbocycles. The zero-order valence-electron chi connectivity index (χ0n) is 7.12. The molecule has 5 heteroatoms. The molecule has 1 aromatic rings. The van der Waals surface area contributed by atoms with Gasteiger partial charge in [0.25, 0.3) is 0 Å². The summed E-state index contributed by atoms with van der Waals surface area (Å²) in [5, 5.41) is 1.16. The molecule has 13 heavy (non-hydrogen) atoms. The fourth-order valence-electron chi connectivity index (χ4n) is 0.879. The SMILES string of the molecule is CN(C(=S)NN)c1ccc(Cl)cc1. The van der Waals surface area contributed by atoms with Gasteiger partial charge in [-0.25, -0.2) is 5.84 Å². The number of nitrogens with zero attached hydrogens (tertiary/aromatic N) is 1. The Morgan fingerprint density at radius 2 is 2.00 bits per heavy atom. The lowest BCUT2D eigenvalue weighted by atomic mass is 10.3. The highest BCUT2D eigenvalue weighted by molar-refractivity contribution is 7.80. The van der Waals surface area contributed by atoms with Crippen LogP contribution in [0.25, 0.3) is 0 Å². The molecule has 0 spiro atoms. The van der Waals surface area contributed by atoms with Crippen molar-refractivity contribution in [2.24, 2.45) is 5.84 Å². The molecule has 0 bridgehead atoms. The largest absolute Gasteiger partial charge is 0.321 e. The minimum absolute atomic E-state index is 0.460. The van der Waals surface area contributed by atoms with Gasteiger partial charge in [0.1, 0.15) is 0 Å². The number of rotatable bonds is 1. The van der Waals surface area contributed by atoms with Gasteiger partial charge in [0.15, 0.2) is 5.11 Å². The van der Waals surface area contributed by atoms with E-state index < -0.39 is 0 Å². The van der Waals surface area contributed by atoms with Crippen molar-refractivity contribution >= 4 is 34.6 Å². The van der Waals surface area contributed by atoms with Crippen LogP contribution in [-0.4, -0.2) is 12.2 Å². The van der Waals surface area contributed by atoms with Crippen molar-refractivity contribution in [3.8, 4) is 0 Å². The van der Waals surface area contributed by atoms with Crippen LogP contribution in [-0.2, 0) is 0 Å². The summed E-state index contributed by atoms with van der Waals surface area (Å²) in [7, 11) is 1.82. The third-order valence-corrected chi connectivity index (χ3v) is 2.29. The molecule has 0 atom stereocenters. The molecule has 70 valence electrons. The second kappa shape index (κ2) is 4.41. The minimum Gasteiger partial charge on any atom is -0.321 e. The average molecular weight is 216 g/mol. The Morgan fingerprint density at radius 1 is 1.46 bits per heavy atom. The second-order valence-corrected chi connectivity index (χ2v) is 3.31. The molecule has 0 aliphatic rings. The van der Waals surface area contributed by atoms with Crippen LogP contribution in [0.5, 0.6) is 0 Å². The Morgan fingerprint density at radius 3 is 2.46 bits per heavy atom. The summed E-state index contributed by atoms with van der Waals surface area (Å²) in [6.45, 7) is 0. The maximum atomic E-state index is 5.74. The Hall–Kier alpha value is -0.840. The lowest BCUT2D eigenvalue weighted by molar-refractivity contribution is 1.01. The van der Waals surface area contributed by atoms with Crippen LogP contribution < -0.4 is 16.2 Å². The maximum absolute atomic E-state index is 5.74. The Balaban J connectivity index is 2.83. The van der Waals surface area contributed by atoms with E-state index in [1.165, 1.54) is 0 Å². The minimum atomic E-state index is 0.460. The topological polar surface area (TPSA) is 41.3 Å². The lowest BCUT2D eigenvalue weighted by Gasteiger charge is -2.18. The molecule has 1 aromatic carbocycles. The van der Waals surface area contributed by atoms with Crippen molar-refractivity contribution in [3.63, 3.8) is 0 Å². The average Bonchev–Trinajstić information content (AvgIpc) is 2.17. The number of nitrogens with two attached hydrogens (primary N) is 1. The standard InChI is InChI=1S/C8H10ClN3S/c1-12(8(13)11-10)7-4-2-6(9)3-5-7/h2-5H,10H2,1H3,(H,11,13). The molecule has 0 fully saturated rings. The van der Waals surface area contributed by atoms with Gasteiger partial charge in [-0.3, -0.25) is 0 Å². The summed E-state index contributed by atoms with van der Waals surface area (Å²) in [6, 6.07) is 7.33. The number of hydrazine groups is 1. The van der Waals surface area contributed by atoms with Gasteiger partial charge in [-0.05, 0) is 36.5 Å². The highest BCUT2D eigenvalue weighted by Gasteiger charge is 2.03. The van der Waals surface area contributed by atoms with E-state index in [0.717, 1.165) is 5.69 Å². The van der Waals surface area contributed by atoms with Crippen molar-refractivity contribution in [2.45, 2.75) is 0 Å². The third-order valence-electron chi connectivity index (χ3n) is 1.64. The van der Waals surface area contributed by atoms with Crippen molar-refractivity contribution in [1.29, 1.82) is 0 Å². The maximum Gasteiger partial charge on any atom is 0.187 e. The van der Waals surface area contributed by atoms with Gasteiger partial charge in [0.2, 0.25) is 0 Å². The molecule has 0 heterocycles. The normalized spacial score (nSPS) is 9.46. The fourth-order valence-corrected chi connectivity index (χ4v) is 1.11. The molecule has 1 rings (SSSR count). The highest BCUT2D eigenvalue weighted by Crippen LogP contribution is 2.16. The molecule has 3 nitrogen and oxygen atoms in total. The van der Waals surface area contributed by atoms with Crippen LogP contribution in [0.3, 0.4) is 0 Å². The van der Waals surface area contributed by atoms with E-state index in [4.69, 9.17) is 29.7 Å². The number of hydrogen-bond acceptors (Lipinski definition) is 2. The predicted octanol–water partition coefficient (Wildman–Crippen LogP) is 1.52. The van der Waals surface area contributed by atoms with E-state index in [2.05, 4.69) is 5.43 Å². The Bertz CT molecular complexity index is 299. The van der Waals surface area contributed by atoms with Gasteiger partial charge >= 0.3 is 0 Å². The van der Waals surface area contributed by atoms with Crippen LogP contribution in [0.4, 0.5) is 5.69 Å². The number of anilines is 1. The number of nitrogens with one attached hydrogen (secondary N) is 1. The van der Waals surface area contributed by atoms with E-state index in [1.54, 1.807) is 17.0 Å². The van der Waals surface area contributed by atoms with Crippen LogP contribution in [0.1, 0.15) is 0 Å². The van der Waals surface area contributed by atoms with E-state index >= 15 is 0 Å². The predicted molar refractivity (Wildman–Crippen MR) is 59.8 cm³/mol. The second-order valence-electron chi connectivity index (χ2n) is 2.48. The van der Waals surface area contributed by atoms with Gasteiger partial charge < -0.3 is 10.3 Å². The number of hydrogen-bond donors (Lipinski definition) is 2. The highest BCUT2D eigenvalue weighted by atomic mass is 35.5. The fraction of sp³-hybridized carbons (Fsp3) is 0.125. The number of benzene rings is 1. The van der Waals surface area contributed by atoms with E-state index in [9.17, 15) is 0 Å². The monoisotopic (exact) mass is 215 g/mol. The first-order valence-electron chi connectivity index (χ1n) is 3.65. The molecule has 0 saturated heterocycles. The smallest absolute Gasteiger partial charge is 0.187 e. The van der Waals surface area contributed by atoms with Crippen LogP contribution in [0.2, 0.25) is 5.02 Å². The van der Waals surface area contributed by atoms with Gasteiger partial charge in [-0.1, -0.05) is 11.6 Å².